The lowest BCUT2D eigenvalue weighted by molar-refractivity contribution is -0.116. The Morgan fingerprint density at radius 1 is 1.30 bits per heavy atom. The molecule has 0 saturated carbocycles. The predicted octanol–water partition coefficient (Wildman–Crippen LogP) is 3.03. The van der Waals surface area contributed by atoms with Gasteiger partial charge in [0.25, 0.3) is 9.84 Å². The van der Waals surface area contributed by atoms with E-state index in [1.54, 1.807) is 6.92 Å². The van der Waals surface area contributed by atoms with E-state index < -0.39 is 26.1 Å². The summed E-state index contributed by atoms with van der Waals surface area (Å²) in [6.07, 6.45) is 0.596. The van der Waals surface area contributed by atoms with Crippen molar-refractivity contribution in [2.24, 2.45) is 0 Å². The summed E-state index contributed by atoms with van der Waals surface area (Å²) in [5.74, 6) is -0.527. The number of alkyl halides is 3. The number of halogens is 3. The third kappa shape index (κ3) is 3.30. The molecule has 0 aliphatic rings. The van der Waals surface area contributed by atoms with E-state index in [1.807, 2.05) is 0 Å². The molecule has 0 fully saturated rings. The zero-order valence-electron chi connectivity index (χ0n) is 10.9. The zero-order chi connectivity index (χ0) is 15.6. The fourth-order valence-electron chi connectivity index (χ4n) is 1.58. The van der Waals surface area contributed by atoms with E-state index in [2.05, 4.69) is 5.32 Å². The maximum Gasteiger partial charge on any atom is 0.501 e. The van der Waals surface area contributed by atoms with Crippen LogP contribution in [0.3, 0.4) is 0 Å². The molecule has 112 valence electrons. The number of aryl methyl sites for hydroxylation is 1. The van der Waals surface area contributed by atoms with E-state index in [1.165, 1.54) is 19.1 Å². The van der Waals surface area contributed by atoms with Gasteiger partial charge in [0.15, 0.2) is 0 Å². The Morgan fingerprint density at radius 3 is 2.40 bits per heavy atom. The Hall–Kier alpha value is -1.57. The minimum absolute atomic E-state index is 0.0971. The lowest BCUT2D eigenvalue weighted by Crippen LogP contribution is -2.25. The first-order valence-electron chi connectivity index (χ1n) is 5.82. The van der Waals surface area contributed by atoms with Crippen LogP contribution in [0.4, 0.5) is 18.9 Å². The van der Waals surface area contributed by atoms with Crippen LogP contribution in [0.1, 0.15) is 25.3 Å². The molecule has 1 N–H and O–H groups in total. The second-order valence-corrected chi connectivity index (χ2v) is 6.11. The number of anilines is 1. The van der Waals surface area contributed by atoms with Crippen LogP contribution in [-0.4, -0.2) is 19.8 Å². The van der Waals surface area contributed by atoms with Crippen molar-refractivity contribution < 1.29 is 26.4 Å². The molecule has 0 bridgehead atoms. The molecule has 0 aromatic heterocycles. The maximum atomic E-state index is 12.6. The van der Waals surface area contributed by atoms with Crippen LogP contribution >= 0.6 is 0 Å². The normalized spacial score (nSPS) is 12.2. The molecule has 1 rings (SSSR count). The fourth-order valence-corrected chi connectivity index (χ4v) is 2.57. The van der Waals surface area contributed by atoms with Gasteiger partial charge in [0.2, 0.25) is 5.91 Å². The molecule has 0 heterocycles. The standard InChI is InChI=1S/C12H14F3NO3S/c1-3-5-10(17)16-11-8(2)6-4-7-9(11)20(18,19)12(13,14)15/h4,6-7H,3,5H2,1-2H3,(H,16,17). The van der Waals surface area contributed by atoms with Crippen LogP contribution in [0.15, 0.2) is 23.1 Å². The van der Waals surface area contributed by atoms with Crippen molar-refractivity contribution in [3.05, 3.63) is 23.8 Å². The van der Waals surface area contributed by atoms with E-state index in [-0.39, 0.29) is 17.7 Å². The Kier molecular flexibility index (Phi) is 4.80. The average molecular weight is 309 g/mol. The third-order valence-corrected chi connectivity index (χ3v) is 4.10. The summed E-state index contributed by atoms with van der Waals surface area (Å²) in [5.41, 5.74) is -5.48. The van der Waals surface area contributed by atoms with Crippen LogP contribution in [0.25, 0.3) is 0 Å². The number of amides is 1. The smallest absolute Gasteiger partial charge is 0.325 e. The molecule has 8 heteroatoms. The minimum Gasteiger partial charge on any atom is -0.325 e. The second-order valence-electron chi connectivity index (χ2n) is 4.20. The van der Waals surface area contributed by atoms with E-state index in [4.69, 9.17) is 0 Å². The highest BCUT2D eigenvalue weighted by Gasteiger charge is 2.48. The van der Waals surface area contributed by atoms with E-state index >= 15 is 0 Å². The largest absolute Gasteiger partial charge is 0.501 e. The topological polar surface area (TPSA) is 63.2 Å². The Balaban J connectivity index is 3.36. The van der Waals surface area contributed by atoms with Gasteiger partial charge in [0.1, 0.15) is 0 Å². The number of benzene rings is 1. The summed E-state index contributed by atoms with van der Waals surface area (Å²) in [6, 6.07) is 3.46. The highest BCUT2D eigenvalue weighted by Crippen LogP contribution is 2.35. The first-order chi connectivity index (χ1) is 9.11. The van der Waals surface area contributed by atoms with Crippen LogP contribution in [0, 0.1) is 6.92 Å². The summed E-state index contributed by atoms with van der Waals surface area (Å²) >= 11 is 0. The van der Waals surface area contributed by atoms with Gasteiger partial charge in [-0.15, -0.1) is 0 Å². The molecule has 20 heavy (non-hydrogen) atoms. The van der Waals surface area contributed by atoms with Crippen molar-refractivity contribution in [3.8, 4) is 0 Å². The molecule has 4 nitrogen and oxygen atoms in total. The molecule has 1 amide bonds. The number of carbonyl (C=O) groups is 1. The molecule has 0 radical (unpaired) electrons. The van der Waals surface area contributed by atoms with Crippen LogP contribution in [-0.2, 0) is 14.6 Å². The number of carbonyl (C=O) groups excluding carboxylic acids is 1. The highest BCUT2D eigenvalue weighted by molar-refractivity contribution is 7.92. The highest BCUT2D eigenvalue weighted by atomic mass is 32.2. The molecule has 0 spiro atoms. The first-order valence-corrected chi connectivity index (χ1v) is 7.30. The molecule has 0 aliphatic heterocycles. The number of rotatable bonds is 4. The summed E-state index contributed by atoms with van der Waals surface area (Å²) in [5, 5.41) is 2.24. The van der Waals surface area contributed by atoms with Gasteiger partial charge in [-0.25, -0.2) is 8.42 Å². The van der Waals surface area contributed by atoms with Crippen molar-refractivity contribution in [2.75, 3.05) is 5.32 Å². The average Bonchev–Trinajstić information content (AvgIpc) is 2.30. The van der Waals surface area contributed by atoms with Gasteiger partial charge in [-0.3, -0.25) is 4.79 Å². The number of sulfone groups is 1. The molecule has 0 aliphatic carbocycles. The molecular formula is C12H14F3NO3S. The van der Waals surface area contributed by atoms with Crippen molar-refractivity contribution in [2.45, 2.75) is 37.1 Å². The predicted molar refractivity (Wildman–Crippen MR) is 68.0 cm³/mol. The van der Waals surface area contributed by atoms with Gasteiger partial charge in [-0.2, -0.15) is 13.2 Å². The second kappa shape index (κ2) is 5.82. The fraction of sp³-hybridized carbons (Fsp3) is 0.417. The zero-order valence-corrected chi connectivity index (χ0v) is 11.7. The number of hydrogen-bond donors (Lipinski definition) is 1. The van der Waals surface area contributed by atoms with Gasteiger partial charge in [-0.05, 0) is 25.0 Å². The van der Waals surface area contributed by atoms with Gasteiger partial charge >= 0.3 is 5.51 Å². The first kappa shape index (κ1) is 16.5. The number of para-hydroxylation sites is 1. The third-order valence-electron chi connectivity index (χ3n) is 2.57. The number of nitrogens with one attached hydrogen (secondary N) is 1. The van der Waals surface area contributed by atoms with E-state index in [0.717, 1.165) is 6.07 Å². The van der Waals surface area contributed by atoms with Gasteiger partial charge in [0, 0.05) is 6.42 Å². The van der Waals surface area contributed by atoms with Crippen LogP contribution < -0.4 is 5.32 Å². The monoisotopic (exact) mass is 309 g/mol. The molecular weight excluding hydrogens is 295 g/mol. The molecule has 0 saturated heterocycles. The Bertz CT molecular complexity index is 609. The summed E-state index contributed by atoms with van der Waals surface area (Å²) in [4.78, 5) is 10.6. The van der Waals surface area contributed by atoms with Gasteiger partial charge in [-0.1, -0.05) is 19.1 Å². The minimum atomic E-state index is -5.50. The van der Waals surface area contributed by atoms with Crippen molar-refractivity contribution in [3.63, 3.8) is 0 Å². The molecule has 1 aromatic rings. The van der Waals surface area contributed by atoms with Crippen molar-refractivity contribution in [1.82, 2.24) is 0 Å². The Labute approximate surface area is 114 Å². The van der Waals surface area contributed by atoms with Gasteiger partial charge < -0.3 is 5.32 Å². The molecule has 0 atom stereocenters. The molecule has 0 unspecified atom stereocenters. The maximum absolute atomic E-state index is 12.6. The quantitative estimate of drug-likeness (QED) is 0.930. The summed E-state index contributed by atoms with van der Waals surface area (Å²) in [7, 11) is -5.50. The SMILES string of the molecule is CCCC(=O)Nc1c(C)cccc1S(=O)(=O)C(F)(F)F. The van der Waals surface area contributed by atoms with Crippen molar-refractivity contribution in [1.29, 1.82) is 0 Å². The summed E-state index contributed by atoms with van der Waals surface area (Å²) < 4.78 is 60.8. The summed E-state index contributed by atoms with van der Waals surface area (Å²) in [6.45, 7) is 3.15. The van der Waals surface area contributed by atoms with Gasteiger partial charge in [0.05, 0.1) is 10.6 Å². The van der Waals surface area contributed by atoms with Crippen LogP contribution in [0.2, 0.25) is 0 Å². The van der Waals surface area contributed by atoms with E-state index in [0.29, 0.717) is 6.42 Å². The van der Waals surface area contributed by atoms with E-state index in [9.17, 15) is 26.4 Å². The Morgan fingerprint density at radius 2 is 1.90 bits per heavy atom. The lowest BCUT2D eigenvalue weighted by atomic mass is 10.2. The van der Waals surface area contributed by atoms with Crippen molar-refractivity contribution >= 4 is 21.4 Å². The number of hydrogen-bond acceptors (Lipinski definition) is 3. The lowest BCUT2D eigenvalue weighted by Gasteiger charge is -2.15. The molecule has 1 aromatic carbocycles. The van der Waals surface area contributed by atoms with Crippen LogP contribution in [0.5, 0.6) is 0 Å².